The van der Waals surface area contributed by atoms with Crippen LogP contribution in [0.2, 0.25) is 0 Å². The molecule has 0 atom stereocenters. The smallest absolute Gasteiger partial charge is 0.152 e. The van der Waals surface area contributed by atoms with Crippen LogP contribution in [0, 0.1) is 22.7 Å². The molecule has 0 spiro atoms. The summed E-state index contributed by atoms with van der Waals surface area (Å²) in [6.45, 7) is 0. The molecule has 0 fully saturated rings. The van der Waals surface area contributed by atoms with Crippen LogP contribution < -0.4 is 0 Å². The van der Waals surface area contributed by atoms with Gasteiger partial charge in [0.15, 0.2) is 5.76 Å². The number of allylic oxidation sites excluding steroid dienone is 1. The minimum Gasteiger partial charge on any atom is -0.454 e. The predicted molar refractivity (Wildman–Crippen MR) is 104 cm³/mol. The van der Waals surface area contributed by atoms with Gasteiger partial charge < -0.3 is 4.42 Å². The van der Waals surface area contributed by atoms with Crippen LogP contribution in [-0.2, 0) is 0 Å². The van der Waals surface area contributed by atoms with Crippen molar-refractivity contribution in [1.29, 1.82) is 10.5 Å². The molecule has 4 rings (SSSR count). The molecular weight excluding hydrogens is 340 g/mol. The first kappa shape index (κ1) is 15.9. The fraction of sp³-hybridized carbons (Fsp3) is 0. The summed E-state index contributed by atoms with van der Waals surface area (Å²) in [6, 6.07) is 25.8. The molecule has 0 aliphatic carbocycles. The molecule has 0 bridgehead atoms. The number of hydrogen-bond donors (Lipinski definition) is 0. The fourth-order valence-corrected chi connectivity index (χ4v) is 3.81. The molecule has 0 saturated heterocycles. The Bertz CT molecular complexity index is 1180. The van der Waals surface area contributed by atoms with Gasteiger partial charge in [0.05, 0.1) is 4.88 Å². The summed E-state index contributed by atoms with van der Waals surface area (Å²) in [6.07, 6.45) is 1.59. The number of benzene rings is 2. The summed E-state index contributed by atoms with van der Waals surface area (Å²) in [7, 11) is 0. The van der Waals surface area contributed by atoms with Gasteiger partial charge in [0.2, 0.25) is 0 Å². The van der Waals surface area contributed by atoms with E-state index >= 15 is 0 Å². The van der Waals surface area contributed by atoms with Crippen LogP contribution in [0.5, 0.6) is 0 Å². The molecule has 0 radical (unpaired) electrons. The van der Waals surface area contributed by atoms with E-state index in [-0.39, 0.29) is 5.57 Å². The van der Waals surface area contributed by atoms with E-state index in [0.717, 1.165) is 37.6 Å². The zero-order valence-corrected chi connectivity index (χ0v) is 14.5. The Morgan fingerprint density at radius 3 is 2.15 bits per heavy atom. The Kier molecular flexibility index (Phi) is 4.11. The highest BCUT2D eigenvalue weighted by Gasteiger charge is 2.17. The average Bonchev–Trinajstić information content (AvgIpc) is 3.31. The van der Waals surface area contributed by atoms with Crippen LogP contribution in [0.3, 0.4) is 0 Å². The summed E-state index contributed by atoms with van der Waals surface area (Å²) >= 11 is 1.50. The second-order valence-electron chi connectivity index (χ2n) is 5.66. The van der Waals surface area contributed by atoms with Crippen molar-refractivity contribution >= 4 is 28.2 Å². The number of thiophene rings is 1. The molecule has 122 valence electrons. The molecule has 0 amide bonds. The Morgan fingerprint density at radius 2 is 1.46 bits per heavy atom. The van der Waals surface area contributed by atoms with Crippen molar-refractivity contribution in [3.63, 3.8) is 0 Å². The molecule has 2 aromatic heterocycles. The van der Waals surface area contributed by atoms with Gasteiger partial charge in [-0.2, -0.15) is 10.5 Å². The Balaban J connectivity index is 1.87. The number of rotatable bonds is 3. The third-order valence-corrected chi connectivity index (χ3v) is 5.07. The van der Waals surface area contributed by atoms with Crippen molar-refractivity contribution in [2.75, 3.05) is 0 Å². The summed E-state index contributed by atoms with van der Waals surface area (Å²) in [5, 5.41) is 20.0. The van der Waals surface area contributed by atoms with Crippen LogP contribution in [0.15, 0.2) is 76.7 Å². The predicted octanol–water partition coefficient (Wildman–Crippen LogP) is 6.26. The lowest BCUT2D eigenvalue weighted by atomic mass is 10.1. The number of nitriles is 2. The zero-order chi connectivity index (χ0) is 17.9. The number of furan rings is 1. The molecule has 2 aromatic carbocycles. The van der Waals surface area contributed by atoms with Gasteiger partial charge in [-0.1, -0.05) is 54.6 Å². The highest BCUT2D eigenvalue weighted by Crippen LogP contribution is 2.41. The van der Waals surface area contributed by atoms with Gasteiger partial charge in [-0.15, -0.1) is 11.3 Å². The van der Waals surface area contributed by atoms with Gasteiger partial charge in [-0.25, -0.2) is 0 Å². The Labute approximate surface area is 154 Å². The molecule has 26 heavy (non-hydrogen) atoms. The van der Waals surface area contributed by atoms with E-state index in [1.165, 1.54) is 11.3 Å². The molecule has 4 aromatic rings. The lowest BCUT2D eigenvalue weighted by Crippen LogP contribution is -1.73. The van der Waals surface area contributed by atoms with E-state index in [1.54, 1.807) is 6.08 Å². The van der Waals surface area contributed by atoms with Crippen molar-refractivity contribution in [2.24, 2.45) is 0 Å². The monoisotopic (exact) mass is 352 g/mol. The standard InChI is InChI=1S/C22H12N2OS/c23-13-15(14-24)12-17-10-11-20(26-17)22-19-9-5-4-8-18(19)21(25-22)16-6-2-1-3-7-16/h1-12H. The lowest BCUT2D eigenvalue weighted by molar-refractivity contribution is 0.603. The normalized spacial score (nSPS) is 10.2. The van der Waals surface area contributed by atoms with Crippen molar-refractivity contribution in [2.45, 2.75) is 0 Å². The van der Waals surface area contributed by atoms with Gasteiger partial charge >= 0.3 is 0 Å². The molecule has 0 aliphatic heterocycles. The van der Waals surface area contributed by atoms with E-state index < -0.39 is 0 Å². The molecule has 0 saturated carbocycles. The first-order valence-corrected chi connectivity index (χ1v) is 8.81. The SMILES string of the molecule is N#CC(C#N)=Cc1ccc(-c2oc(-c3ccccc3)c3ccccc23)s1. The maximum Gasteiger partial charge on any atom is 0.152 e. The molecule has 2 heterocycles. The molecular formula is C22H12N2OS. The summed E-state index contributed by atoms with van der Waals surface area (Å²) in [5.41, 5.74) is 1.12. The number of nitrogens with zero attached hydrogens (tertiary/aromatic N) is 2. The highest BCUT2D eigenvalue weighted by atomic mass is 32.1. The van der Waals surface area contributed by atoms with Crippen LogP contribution in [0.1, 0.15) is 4.88 Å². The average molecular weight is 352 g/mol. The van der Waals surface area contributed by atoms with Gasteiger partial charge in [0.1, 0.15) is 23.5 Å². The second kappa shape index (κ2) is 6.72. The van der Waals surface area contributed by atoms with Crippen molar-refractivity contribution < 1.29 is 4.42 Å². The maximum absolute atomic E-state index is 8.93. The molecule has 0 aliphatic rings. The van der Waals surface area contributed by atoms with E-state index in [1.807, 2.05) is 72.8 Å². The summed E-state index contributed by atoms with van der Waals surface area (Å²) in [4.78, 5) is 1.81. The van der Waals surface area contributed by atoms with Crippen LogP contribution in [0.25, 0.3) is 38.8 Å². The van der Waals surface area contributed by atoms with Crippen molar-refractivity contribution in [1.82, 2.24) is 0 Å². The minimum absolute atomic E-state index is 0.0904. The maximum atomic E-state index is 8.93. The van der Waals surface area contributed by atoms with E-state index in [9.17, 15) is 0 Å². The topological polar surface area (TPSA) is 60.7 Å². The largest absolute Gasteiger partial charge is 0.454 e. The van der Waals surface area contributed by atoms with E-state index in [0.29, 0.717) is 0 Å². The Hall–Kier alpha value is -3.60. The molecule has 0 unspecified atom stereocenters. The van der Waals surface area contributed by atoms with Crippen molar-refractivity contribution in [3.05, 3.63) is 77.2 Å². The highest BCUT2D eigenvalue weighted by molar-refractivity contribution is 7.16. The lowest BCUT2D eigenvalue weighted by Gasteiger charge is -1.96. The third-order valence-electron chi connectivity index (χ3n) is 4.03. The second-order valence-corrected chi connectivity index (χ2v) is 6.77. The van der Waals surface area contributed by atoms with Gasteiger partial charge in [-0.05, 0) is 18.2 Å². The van der Waals surface area contributed by atoms with Crippen LogP contribution >= 0.6 is 11.3 Å². The van der Waals surface area contributed by atoms with Crippen LogP contribution in [0.4, 0.5) is 0 Å². The quantitative estimate of drug-likeness (QED) is 0.409. The minimum atomic E-state index is 0.0904. The first-order valence-electron chi connectivity index (χ1n) is 7.99. The van der Waals surface area contributed by atoms with Crippen molar-refractivity contribution in [3.8, 4) is 34.1 Å². The molecule has 3 nitrogen and oxygen atoms in total. The fourth-order valence-electron chi connectivity index (χ4n) is 2.86. The summed E-state index contributed by atoms with van der Waals surface area (Å²) in [5.74, 6) is 1.65. The first-order chi connectivity index (χ1) is 12.8. The number of fused-ring (bicyclic) bond motifs is 1. The van der Waals surface area contributed by atoms with Gasteiger partial charge in [0, 0.05) is 21.2 Å². The van der Waals surface area contributed by atoms with Gasteiger partial charge in [0.25, 0.3) is 0 Å². The van der Waals surface area contributed by atoms with Crippen LogP contribution in [-0.4, -0.2) is 0 Å². The van der Waals surface area contributed by atoms with Gasteiger partial charge in [-0.3, -0.25) is 0 Å². The summed E-state index contributed by atoms with van der Waals surface area (Å²) < 4.78 is 6.27. The third kappa shape index (κ3) is 2.80. The zero-order valence-electron chi connectivity index (χ0n) is 13.6. The number of hydrogen-bond acceptors (Lipinski definition) is 4. The molecule has 4 heteroatoms. The van der Waals surface area contributed by atoms with E-state index in [2.05, 4.69) is 6.07 Å². The Morgan fingerprint density at radius 1 is 0.808 bits per heavy atom. The molecule has 0 N–H and O–H groups in total. The van der Waals surface area contributed by atoms with E-state index in [4.69, 9.17) is 14.9 Å².